The number of rotatable bonds is 5. The van der Waals surface area contributed by atoms with E-state index in [1.165, 1.54) is 6.42 Å². The first-order chi connectivity index (χ1) is 18.9. The Labute approximate surface area is 236 Å². The molecule has 2 heterocycles. The number of allylic oxidation sites excluding steroid dienone is 3. The number of carbonyl (C=O) groups is 2. The molecule has 6 rings (SSSR count). The molecule has 0 spiro atoms. The van der Waals surface area contributed by atoms with E-state index in [9.17, 15) is 9.59 Å². The highest BCUT2D eigenvalue weighted by atomic mass is 79.9. The molecule has 2 aromatic rings. The van der Waals surface area contributed by atoms with Crippen LogP contribution in [0.15, 0.2) is 63.4 Å². The molecule has 2 atom stereocenters. The number of halogens is 1. The number of hydrogen-bond acceptors (Lipinski definition) is 7. The molecule has 204 valence electrons. The van der Waals surface area contributed by atoms with Crippen molar-refractivity contribution in [1.29, 1.82) is 0 Å². The summed E-state index contributed by atoms with van der Waals surface area (Å²) in [6, 6.07) is 11.6. The van der Waals surface area contributed by atoms with E-state index in [0.717, 1.165) is 52.7 Å². The summed E-state index contributed by atoms with van der Waals surface area (Å²) in [5.74, 6) is 1.13. The number of hydrogen-bond donors (Lipinski definition) is 1. The number of benzene rings is 2. The summed E-state index contributed by atoms with van der Waals surface area (Å²) in [6.45, 7) is 2.04. The molecule has 0 amide bonds. The largest absolute Gasteiger partial charge is 0.497 e. The van der Waals surface area contributed by atoms with Crippen molar-refractivity contribution in [3.63, 3.8) is 0 Å². The van der Waals surface area contributed by atoms with Gasteiger partial charge in [0.25, 0.3) is 0 Å². The molecule has 1 saturated carbocycles. The van der Waals surface area contributed by atoms with Gasteiger partial charge in [0.2, 0.25) is 6.79 Å². The van der Waals surface area contributed by atoms with Gasteiger partial charge in [-0.25, -0.2) is 4.79 Å². The highest BCUT2D eigenvalue weighted by Gasteiger charge is 2.43. The SMILES string of the molecule is COc1ccc([C@@H]2CC(=O)C3=C(C2)NC(C)=C(C(=O)OC2CCCCC2)[C@@H]3c2cc3c(cc2Br)OCO3)cc1. The molecule has 2 aliphatic heterocycles. The van der Waals surface area contributed by atoms with Crippen molar-refractivity contribution in [2.75, 3.05) is 13.9 Å². The number of nitrogens with one attached hydrogen (secondary N) is 1. The molecule has 7 nitrogen and oxygen atoms in total. The molecule has 1 fully saturated rings. The van der Waals surface area contributed by atoms with E-state index in [2.05, 4.69) is 21.2 Å². The number of methoxy groups -OCH3 is 1. The first-order valence-electron chi connectivity index (χ1n) is 13.6. The number of fused-ring (bicyclic) bond motifs is 1. The summed E-state index contributed by atoms with van der Waals surface area (Å²) in [6.07, 6.45) is 5.97. The Morgan fingerprint density at radius 1 is 1.03 bits per heavy atom. The van der Waals surface area contributed by atoms with E-state index in [1.807, 2.05) is 43.3 Å². The van der Waals surface area contributed by atoms with Crippen molar-refractivity contribution in [1.82, 2.24) is 5.32 Å². The Bertz CT molecular complexity index is 1370. The second kappa shape index (κ2) is 10.7. The van der Waals surface area contributed by atoms with Crippen LogP contribution < -0.4 is 19.5 Å². The van der Waals surface area contributed by atoms with Crippen LogP contribution in [0.25, 0.3) is 0 Å². The third kappa shape index (κ3) is 4.95. The molecule has 0 bridgehead atoms. The number of ether oxygens (including phenoxy) is 4. The Hall–Kier alpha value is -3.26. The van der Waals surface area contributed by atoms with E-state index in [4.69, 9.17) is 18.9 Å². The van der Waals surface area contributed by atoms with Crippen LogP contribution in [0.2, 0.25) is 0 Å². The van der Waals surface area contributed by atoms with E-state index in [1.54, 1.807) is 7.11 Å². The second-order valence-electron chi connectivity index (χ2n) is 10.7. The van der Waals surface area contributed by atoms with Crippen molar-refractivity contribution in [2.45, 2.75) is 69.8 Å². The topological polar surface area (TPSA) is 83.1 Å². The minimum Gasteiger partial charge on any atom is -0.497 e. The van der Waals surface area contributed by atoms with E-state index in [0.29, 0.717) is 41.2 Å². The fraction of sp³-hybridized carbons (Fsp3) is 0.419. The molecule has 2 aliphatic carbocycles. The van der Waals surface area contributed by atoms with Gasteiger partial charge >= 0.3 is 5.97 Å². The molecule has 39 heavy (non-hydrogen) atoms. The van der Waals surface area contributed by atoms with Gasteiger partial charge in [0.1, 0.15) is 11.9 Å². The summed E-state index contributed by atoms with van der Waals surface area (Å²) in [5, 5.41) is 3.45. The average molecular weight is 595 g/mol. The molecule has 8 heteroatoms. The minimum atomic E-state index is -0.578. The lowest BCUT2D eigenvalue weighted by Gasteiger charge is -2.37. The highest BCUT2D eigenvalue weighted by Crippen LogP contribution is 2.50. The zero-order chi connectivity index (χ0) is 27.1. The molecule has 0 saturated heterocycles. The predicted octanol–water partition coefficient (Wildman–Crippen LogP) is 6.42. The van der Waals surface area contributed by atoms with E-state index < -0.39 is 5.92 Å². The van der Waals surface area contributed by atoms with Crippen molar-refractivity contribution >= 4 is 27.7 Å². The van der Waals surface area contributed by atoms with Gasteiger partial charge in [-0.3, -0.25) is 4.79 Å². The van der Waals surface area contributed by atoms with Gasteiger partial charge in [-0.2, -0.15) is 0 Å². The standard InChI is InChI=1S/C31H32BrNO6/c1-17-28(31(35)39-21-6-4-3-5-7-21)29(22-14-26-27(15-23(22)32)38-16-37-26)30-24(33-17)12-19(13-25(30)34)18-8-10-20(36-2)11-9-18/h8-11,14-15,19,21,29,33H,3-7,12-13,16H2,1-2H3/t19-,29-/m0/s1. The van der Waals surface area contributed by atoms with Gasteiger partial charge in [0.05, 0.1) is 12.7 Å². The summed E-state index contributed by atoms with van der Waals surface area (Å²) < 4.78 is 23.4. The Kier molecular flexibility index (Phi) is 7.14. The van der Waals surface area contributed by atoms with Gasteiger partial charge < -0.3 is 24.3 Å². The van der Waals surface area contributed by atoms with Gasteiger partial charge in [-0.05, 0) is 80.3 Å². The fourth-order valence-electron chi connectivity index (χ4n) is 6.28. The molecule has 4 aliphatic rings. The lowest BCUT2D eigenvalue weighted by molar-refractivity contribution is -0.146. The summed E-state index contributed by atoms with van der Waals surface area (Å²) in [5.41, 5.74) is 4.55. The quantitative estimate of drug-likeness (QED) is 0.400. The van der Waals surface area contributed by atoms with Crippen LogP contribution in [0.3, 0.4) is 0 Å². The van der Waals surface area contributed by atoms with Crippen LogP contribution in [0.4, 0.5) is 0 Å². The van der Waals surface area contributed by atoms with Crippen LogP contribution in [0, 0.1) is 0 Å². The zero-order valence-corrected chi connectivity index (χ0v) is 23.8. The maximum absolute atomic E-state index is 14.0. The van der Waals surface area contributed by atoms with Crippen molar-refractivity contribution in [3.8, 4) is 17.2 Å². The van der Waals surface area contributed by atoms with Crippen molar-refractivity contribution < 1.29 is 28.5 Å². The smallest absolute Gasteiger partial charge is 0.337 e. The zero-order valence-electron chi connectivity index (χ0n) is 22.2. The van der Waals surface area contributed by atoms with Crippen LogP contribution in [0.1, 0.15) is 74.8 Å². The predicted molar refractivity (Wildman–Crippen MR) is 149 cm³/mol. The maximum Gasteiger partial charge on any atom is 0.337 e. The van der Waals surface area contributed by atoms with Crippen molar-refractivity contribution in [2.24, 2.45) is 0 Å². The Morgan fingerprint density at radius 3 is 2.46 bits per heavy atom. The highest BCUT2D eigenvalue weighted by molar-refractivity contribution is 9.10. The van der Waals surface area contributed by atoms with E-state index in [-0.39, 0.29) is 30.6 Å². The minimum absolute atomic E-state index is 0.0228. The third-order valence-electron chi connectivity index (χ3n) is 8.26. The van der Waals surface area contributed by atoms with Crippen LogP contribution in [-0.2, 0) is 14.3 Å². The number of esters is 1. The molecule has 0 aromatic heterocycles. The Balaban J connectivity index is 1.40. The van der Waals surface area contributed by atoms with Gasteiger partial charge in [-0.15, -0.1) is 0 Å². The number of Topliss-reactive ketones (excluding diaryl/α,β-unsaturated/α-hetero) is 1. The Morgan fingerprint density at radius 2 is 1.74 bits per heavy atom. The van der Waals surface area contributed by atoms with Gasteiger partial charge in [0.15, 0.2) is 17.3 Å². The van der Waals surface area contributed by atoms with E-state index >= 15 is 0 Å². The summed E-state index contributed by atoms with van der Waals surface area (Å²) >= 11 is 3.70. The van der Waals surface area contributed by atoms with Crippen LogP contribution in [-0.4, -0.2) is 31.8 Å². The second-order valence-corrected chi connectivity index (χ2v) is 11.5. The summed E-state index contributed by atoms with van der Waals surface area (Å²) in [4.78, 5) is 27.8. The third-order valence-corrected chi connectivity index (χ3v) is 8.95. The molecule has 0 radical (unpaired) electrons. The normalized spacial score (nSPS) is 22.9. The maximum atomic E-state index is 14.0. The molecular formula is C31H32BrNO6. The fourth-order valence-corrected chi connectivity index (χ4v) is 6.84. The molecular weight excluding hydrogens is 562 g/mol. The van der Waals surface area contributed by atoms with Crippen molar-refractivity contribution in [3.05, 3.63) is 74.5 Å². The van der Waals surface area contributed by atoms with Crippen LogP contribution >= 0.6 is 15.9 Å². The lowest BCUT2D eigenvalue weighted by Crippen LogP contribution is -2.37. The van der Waals surface area contributed by atoms with Gasteiger partial charge in [-0.1, -0.05) is 34.5 Å². The first kappa shape index (κ1) is 26.0. The molecule has 0 unspecified atom stereocenters. The van der Waals surface area contributed by atoms with Crippen LogP contribution in [0.5, 0.6) is 17.2 Å². The number of carbonyl (C=O) groups excluding carboxylic acids is 2. The van der Waals surface area contributed by atoms with Gasteiger partial charge in [0, 0.05) is 33.8 Å². The molecule has 2 aromatic carbocycles. The monoisotopic (exact) mass is 593 g/mol. The number of ketones is 1. The lowest BCUT2D eigenvalue weighted by atomic mass is 9.71. The summed E-state index contributed by atoms with van der Waals surface area (Å²) in [7, 11) is 1.64. The molecule has 1 N–H and O–H groups in total. The number of dihydropyridines is 1. The first-order valence-corrected chi connectivity index (χ1v) is 14.4. The average Bonchev–Trinajstić information content (AvgIpc) is 3.39.